The molecular weight excluding hydrogens is 246 g/mol. The summed E-state index contributed by atoms with van der Waals surface area (Å²) >= 11 is 5.97. The lowest BCUT2D eigenvalue weighted by atomic mass is 10.1. The molecule has 5 heteroatoms. The van der Waals surface area contributed by atoms with Crippen LogP contribution in [0.2, 0.25) is 5.02 Å². The monoisotopic (exact) mass is 256 g/mol. The first-order valence-electron chi connectivity index (χ1n) is 5.24. The molecule has 0 aliphatic heterocycles. The third-order valence-electron chi connectivity index (χ3n) is 2.40. The second-order valence-electron chi connectivity index (χ2n) is 3.56. The molecule has 1 heterocycles. The molecule has 1 N–H and O–H groups in total. The van der Waals surface area contributed by atoms with Crippen molar-refractivity contribution in [2.24, 2.45) is 0 Å². The number of rotatable bonds is 3. The average Bonchev–Trinajstić information content (AvgIpc) is 2.30. The van der Waals surface area contributed by atoms with Gasteiger partial charge in [0.25, 0.3) is 6.43 Å². The number of hydrogen-bond donors (Lipinski definition) is 1. The van der Waals surface area contributed by atoms with Crippen molar-refractivity contribution in [3.63, 3.8) is 0 Å². The summed E-state index contributed by atoms with van der Waals surface area (Å²) in [6.45, 7) is 2.55. The highest BCUT2D eigenvalue weighted by atomic mass is 35.5. The van der Waals surface area contributed by atoms with E-state index in [1.807, 2.05) is 13.0 Å². The van der Waals surface area contributed by atoms with Crippen LogP contribution < -0.4 is 5.32 Å². The summed E-state index contributed by atoms with van der Waals surface area (Å²) in [5.74, 6) is 0. The Morgan fingerprint density at radius 1 is 1.41 bits per heavy atom. The lowest BCUT2D eigenvalue weighted by Crippen LogP contribution is -2.01. The maximum Gasteiger partial charge on any atom is 0.280 e. The zero-order valence-corrected chi connectivity index (χ0v) is 9.93. The fourth-order valence-electron chi connectivity index (χ4n) is 1.68. The lowest BCUT2D eigenvalue weighted by Gasteiger charge is -2.11. The molecule has 0 saturated carbocycles. The van der Waals surface area contributed by atoms with Crippen LogP contribution in [0.25, 0.3) is 10.9 Å². The maximum atomic E-state index is 12.7. The highest BCUT2D eigenvalue weighted by molar-refractivity contribution is 6.35. The van der Waals surface area contributed by atoms with Gasteiger partial charge in [-0.1, -0.05) is 23.7 Å². The van der Waals surface area contributed by atoms with Crippen LogP contribution in [-0.4, -0.2) is 11.5 Å². The van der Waals surface area contributed by atoms with Gasteiger partial charge in [-0.05, 0) is 19.1 Å². The van der Waals surface area contributed by atoms with Gasteiger partial charge in [-0.2, -0.15) is 0 Å². The predicted octanol–water partition coefficient (Wildman–Crippen LogP) is 4.26. The largest absolute Gasteiger partial charge is 0.385 e. The number of fused-ring (bicyclic) bond motifs is 1. The average molecular weight is 257 g/mol. The number of halogens is 3. The van der Waals surface area contributed by atoms with Crippen LogP contribution in [0.15, 0.2) is 24.3 Å². The van der Waals surface area contributed by atoms with Gasteiger partial charge in [0.2, 0.25) is 0 Å². The Labute approximate surface area is 103 Å². The van der Waals surface area contributed by atoms with Crippen LogP contribution in [0.5, 0.6) is 0 Å². The van der Waals surface area contributed by atoms with E-state index in [2.05, 4.69) is 10.3 Å². The second-order valence-corrected chi connectivity index (χ2v) is 3.97. The zero-order chi connectivity index (χ0) is 12.4. The summed E-state index contributed by atoms with van der Waals surface area (Å²) in [5, 5.41) is 4.17. The molecule has 2 rings (SSSR count). The summed E-state index contributed by atoms with van der Waals surface area (Å²) < 4.78 is 25.4. The molecule has 0 atom stereocenters. The molecule has 0 saturated heterocycles. The molecule has 0 aliphatic carbocycles. The topological polar surface area (TPSA) is 24.9 Å². The van der Waals surface area contributed by atoms with Crippen LogP contribution in [-0.2, 0) is 0 Å². The Bertz CT molecular complexity index is 543. The minimum atomic E-state index is -2.60. The van der Waals surface area contributed by atoms with E-state index >= 15 is 0 Å². The van der Waals surface area contributed by atoms with Crippen molar-refractivity contribution in [3.05, 3.63) is 35.0 Å². The fraction of sp³-hybridized carbons (Fsp3) is 0.250. The molecule has 0 unspecified atom stereocenters. The van der Waals surface area contributed by atoms with Crippen molar-refractivity contribution in [2.75, 3.05) is 11.9 Å². The van der Waals surface area contributed by atoms with Crippen LogP contribution in [0.3, 0.4) is 0 Å². The van der Waals surface area contributed by atoms with Crippen LogP contribution in [0.4, 0.5) is 14.5 Å². The van der Waals surface area contributed by atoms with Gasteiger partial charge in [0, 0.05) is 17.6 Å². The molecule has 0 spiro atoms. The minimum absolute atomic E-state index is 0.262. The highest BCUT2D eigenvalue weighted by Gasteiger charge is 2.14. The van der Waals surface area contributed by atoms with Gasteiger partial charge in [0.15, 0.2) is 0 Å². The molecule has 2 nitrogen and oxygen atoms in total. The third kappa shape index (κ3) is 2.31. The Morgan fingerprint density at radius 2 is 2.18 bits per heavy atom. The van der Waals surface area contributed by atoms with Crippen molar-refractivity contribution >= 4 is 28.2 Å². The maximum absolute atomic E-state index is 12.7. The SMILES string of the molecule is CCNc1cc(C(F)F)nc2c(Cl)cccc12. The molecule has 2 aromatic rings. The van der Waals surface area contributed by atoms with Gasteiger partial charge in [-0.3, -0.25) is 0 Å². The molecule has 17 heavy (non-hydrogen) atoms. The van der Waals surface area contributed by atoms with Crippen molar-refractivity contribution in [1.29, 1.82) is 0 Å². The molecule has 0 bridgehead atoms. The second kappa shape index (κ2) is 4.84. The van der Waals surface area contributed by atoms with Crippen molar-refractivity contribution in [2.45, 2.75) is 13.3 Å². The quantitative estimate of drug-likeness (QED) is 0.888. The first-order valence-corrected chi connectivity index (χ1v) is 5.62. The number of anilines is 1. The van der Waals surface area contributed by atoms with Gasteiger partial charge in [-0.15, -0.1) is 0 Å². The molecular formula is C12H11ClF2N2. The number of nitrogens with one attached hydrogen (secondary N) is 1. The van der Waals surface area contributed by atoms with E-state index < -0.39 is 6.43 Å². The Hall–Kier alpha value is -1.42. The number of benzene rings is 1. The first kappa shape index (κ1) is 12.0. The number of pyridine rings is 1. The molecule has 0 radical (unpaired) electrons. The number of nitrogens with zero attached hydrogens (tertiary/aromatic N) is 1. The summed E-state index contributed by atoms with van der Waals surface area (Å²) in [6.07, 6.45) is -2.60. The molecule has 1 aromatic heterocycles. The lowest BCUT2D eigenvalue weighted by molar-refractivity contribution is 0.146. The minimum Gasteiger partial charge on any atom is -0.385 e. The molecule has 1 aromatic carbocycles. The van der Waals surface area contributed by atoms with E-state index in [-0.39, 0.29) is 5.69 Å². The summed E-state index contributed by atoms with van der Waals surface area (Å²) in [4.78, 5) is 3.90. The smallest absolute Gasteiger partial charge is 0.280 e. The molecule has 0 aliphatic rings. The first-order chi connectivity index (χ1) is 8.13. The normalized spacial score (nSPS) is 11.1. The third-order valence-corrected chi connectivity index (χ3v) is 2.71. The standard InChI is InChI=1S/C12H11ClF2N2/c1-2-16-9-6-10(12(14)15)17-11-7(9)4-3-5-8(11)13/h3-6,12H,2H2,1H3,(H,16,17). The Kier molecular flexibility index (Phi) is 3.43. The fourth-order valence-corrected chi connectivity index (χ4v) is 1.90. The van der Waals surface area contributed by atoms with Gasteiger partial charge in [-0.25, -0.2) is 13.8 Å². The summed E-state index contributed by atoms with van der Waals surface area (Å²) in [5.41, 5.74) is 0.778. The van der Waals surface area contributed by atoms with Gasteiger partial charge < -0.3 is 5.32 Å². The summed E-state index contributed by atoms with van der Waals surface area (Å²) in [7, 11) is 0. The zero-order valence-electron chi connectivity index (χ0n) is 9.17. The summed E-state index contributed by atoms with van der Waals surface area (Å²) in [6, 6.07) is 6.59. The van der Waals surface area contributed by atoms with E-state index in [0.29, 0.717) is 22.8 Å². The predicted molar refractivity (Wildman–Crippen MR) is 65.9 cm³/mol. The van der Waals surface area contributed by atoms with Gasteiger partial charge in [0.05, 0.1) is 10.5 Å². The van der Waals surface area contributed by atoms with Crippen molar-refractivity contribution < 1.29 is 8.78 Å². The van der Waals surface area contributed by atoms with Crippen LogP contribution in [0, 0.1) is 0 Å². The van der Waals surface area contributed by atoms with E-state index in [1.54, 1.807) is 12.1 Å². The molecule has 0 fully saturated rings. The molecule has 90 valence electrons. The highest BCUT2D eigenvalue weighted by Crippen LogP contribution is 2.31. The van der Waals surface area contributed by atoms with Crippen LogP contribution in [0.1, 0.15) is 19.0 Å². The van der Waals surface area contributed by atoms with E-state index in [9.17, 15) is 8.78 Å². The van der Waals surface area contributed by atoms with Gasteiger partial charge in [0.1, 0.15) is 5.69 Å². The Morgan fingerprint density at radius 3 is 2.82 bits per heavy atom. The van der Waals surface area contributed by atoms with Crippen molar-refractivity contribution in [3.8, 4) is 0 Å². The number of hydrogen-bond acceptors (Lipinski definition) is 2. The van der Waals surface area contributed by atoms with E-state index in [0.717, 1.165) is 5.39 Å². The number of aromatic nitrogens is 1. The van der Waals surface area contributed by atoms with Crippen LogP contribution >= 0.6 is 11.6 Å². The van der Waals surface area contributed by atoms with E-state index in [1.165, 1.54) is 6.07 Å². The van der Waals surface area contributed by atoms with Gasteiger partial charge >= 0.3 is 0 Å². The number of alkyl halides is 2. The van der Waals surface area contributed by atoms with Crippen molar-refractivity contribution in [1.82, 2.24) is 4.98 Å². The number of para-hydroxylation sites is 1. The molecule has 0 amide bonds. The van der Waals surface area contributed by atoms with E-state index in [4.69, 9.17) is 11.6 Å². The Balaban J connectivity index is 2.72.